The van der Waals surface area contributed by atoms with Crippen molar-refractivity contribution in [2.24, 2.45) is 0 Å². The third-order valence-electron chi connectivity index (χ3n) is 3.57. The summed E-state index contributed by atoms with van der Waals surface area (Å²) in [4.78, 5) is 11.7. The number of esters is 1. The Morgan fingerprint density at radius 2 is 1.69 bits per heavy atom. The monoisotopic (exact) mass is 224 g/mol. The molecule has 0 heterocycles. The van der Waals surface area contributed by atoms with E-state index in [2.05, 4.69) is 13.5 Å². The number of ether oxygens (including phenoxy) is 1. The largest absolute Gasteiger partial charge is 0.456 e. The summed E-state index contributed by atoms with van der Waals surface area (Å²) in [5.74, 6) is -0.220. The van der Waals surface area contributed by atoms with Gasteiger partial charge in [-0.15, -0.1) is 0 Å². The maximum absolute atomic E-state index is 11.7. The topological polar surface area (TPSA) is 26.3 Å². The molecule has 1 rings (SSSR count). The molecule has 2 heteroatoms. The lowest BCUT2D eigenvalue weighted by atomic mass is 9.85. The van der Waals surface area contributed by atoms with Gasteiger partial charge in [0, 0.05) is 5.57 Å². The molecule has 1 aliphatic carbocycles. The Labute approximate surface area is 99.1 Å². The first-order valence-corrected chi connectivity index (χ1v) is 6.48. The van der Waals surface area contributed by atoms with E-state index >= 15 is 0 Å². The van der Waals surface area contributed by atoms with Crippen LogP contribution in [0.2, 0.25) is 0 Å². The van der Waals surface area contributed by atoms with Crippen molar-refractivity contribution in [3.8, 4) is 0 Å². The van der Waals surface area contributed by atoms with Gasteiger partial charge in [0.2, 0.25) is 0 Å². The molecule has 0 aliphatic heterocycles. The van der Waals surface area contributed by atoms with Gasteiger partial charge in [0.05, 0.1) is 0 Å². The highest BCUT2D eigenvalue weighted by atomic mass is 16.6. The highest BCUT2D eigenvalue weighted by Crippen LogP contribution is 2.33. The molecular formula is C14H24O2. The fourth-order valence-electron chi connectivity index (χ4n) is 2.36. The molecule has 0 aromatic heterocycles. The van der Waals surface area contributed by atoms with Gasteiger partial charge in [-0.25, -0.2) is 4.79 Å². The third kappa shape index (κ3) is 3.66. The first-order chi connectivity index (χ1) is 7.59. The van der Waals surface area contributed by atoms with Crippen LogP contribution in [0, 0.1) is 0 Å². The molecule has 0 unspecified atom stereocenters. The Morgan fingerprint density at radius 3 is 2.12 bits per heavy atom. The van der Waals surface area contributed by atoms with Crippen LogP contribution in [0.15, 0.2) is 12.2 Å². The molecule has 16 heavy (non-hydrogen) atoms. The van der Waals surface area contributed by atoms with Gasteiger partial charge in [-0.05, 0) is 39.0 Å². The van der Waals surface area contributed by atoms with Crippen LogP contribution in [0.4, 0.5) is 0 Å². The van der Waals surface area contributed by atoms with Crippen LogP contribution in [0.5, 0.6) is 0 Å². The van der Waals surface area contributed by atoms with Gasteiger partial charge in [-0.2, -0.15) is 0 Å². The minimum absolute atomic E-state index is 0.212. The summed E-state index contributed by atoms with van der Waals surface area (Å²) >= 11 is 0. The Morgan fingerprint density at radius 1 is 1.19 bits per heavy atom. The molecule has 0 amide bonds. The predicted molar refractivity (Wildman–Crippen MR) is 66.2 cm³/mol. The van der Waals surface area contributed by atoms with Crippen LogP contribution in [-0.2, 0) is 9.53 Å². The fourth-order valence-corrected chi connectivity index (χ4v) is 2.36. The summed E-state index contributed by atoms with van der Waals surface area (Å²) in [6, 6.07) is 0. The lowest BCUT2D eigenvalue weighted by Crippen LogP contribution is -2.35. The summed E-state index contributed by atoms with van der Waals surface area (Å²) in [5.41, 5.74) is 0.297. The van der Waals surface area contributed by atoms with E-state index in [1.807, 2.05) is 0 Å². The fraction of sp³-hybridized carbons (Fsp3) is 0.786. The number of hydrogen-bond acceptors (Lipinski definition) is 2. The average molecular weight is 224 g/mol. The molecule has 0 aromatic carbocycles. The number of rotatable bonds is 3. The van der Waals surface area contributed by atoms with Crippen molar-refractivity contribution in [2.45, 2.75) is 70.8 Å². The van der Waals surface area contributed by atoms with E-state index in [0.29, 0.717) is 5.57 Å². The molecule has 0 aromatic rings. The van der Waals surface area contributed by atoms with Crippen LogP contribution in [0.25, 0.3) is 0 Å². The molecule has 0 spiro atoms. The van der Waals surface area contributed by atoms with Crippen LogP contribution >= 0.6 is 0 Å². The zero-order chi connectivity index (χ0) is 12.0. The van der Waals surface area contributed by atoms with Crippen molar-refractivity contribution in [3.05, 3.63) is 12.2 Å². The van der Waals surface area contributed by atoms with Gasteiger partial charge in [-0.1, -0.05) is 32.8 Å². The zero-order valence-electron chi connectivity index (χ0n) is 10.7. The standard InChI is InChI=1S/C14H24O2/c1-4-14(16-13(15)12(2)3)10-8-6-5-7-9-11-14/h2,4-11H2,1,3H3. The van der Waals surface area contributed by atoms with Gasteiger partial charge in [0.25, 0.3) is 0 Å². The highest BCUT2D eigenvalue weighted by Gasteiger charge is 2.32. The number of carbonyl (C=O) groups excluding carboxylic acids is 1. The molecule has 0 atom stereocenters. The van der Waals surface area contributed by atoms with Gasteiger partial charge >= 0.3 is 5.97 Å². The van der Waals surface area contributed by atoms with E-state index in [9.17, 15) is 4.79 Å². The van der Waals surface area contributed by atoms with Gasteiger partial charge in [0.1, 0.15) is 5.60 Å². The first kappa shape index (κ1) is 13.3. The van der Waals surface area contributed by atoms with E-state index in [-0.39, 0.29) is 11.6 Å². The van der Waals surface area contributed by atoms with Crippen molar-refractivity contribution in [3.63, 3.8) is 0 Å². The Bertz CT molecular complexity index is 247. The minimum atomic E-state index is -0.220. The Hall–Kier alpha value is -0.790. The number of carbonyl (C=O) groups is 1. The maximum Gasteiger partial charge on any atom is 0.333 e. The average Bonchev–Trinajstić information content (AvgIpc) is 2.22. The van der Waals surface area contributed by atoms with Crippen molar-refractivity contribution in [1.82, 2.24) is 0 Å². The summed E-state index contributed by atoms with van der Waals surface area (Å²) < 4.78 is 5.69. The minimum Gasteiger partial charge on any atom is -0.456 e. The van der Waals surface area contributed by atoms with Crippen LogP contribution in [-0.4, -0.2) is 11.6 Å². The summed E-state index contributed by atoms with van der Waals surface area (Å²) in [6.07, 6.45) is 9.18. The van der Waals surface area contributed by atoms with Crippen LogP contribution < -0.4 is 0 Å². The molecular weight excluding hydrogens is 200 g/mol. The quantitative estimate of drug-likeness (QED) is 0.535. The summed E-state index contributed by atoms with van der Waals surface area (Å²) in [5, 5.41) is 0. The molecule has 0 N–H and O–H groups in total. The van der Waals surface area contributed by atoms with Crippen LogP contribution in [0.3, 0.4) is 0 Å². The molecule has 2 nitrogen and oxygen atoms in total. The normalized spacial score (nSPS) is 20.6. The lowest BCUT2D eigenvalue weighted by molar-refractivity contribution is -0.157. The van der Waals surface area contributed by atoms with Gasteiger partial charge in [-0.3, -0.25) is 0 Å². The molecule has 1 fully saturated rings. The van der Waals surface area contributed by atoms with Crippen LogP contribution in [0.1, 0.15) is 65.2 Å². The predicted octanol–water partition coefficient (Wildman–Crippen LogP) is 4.00. The van der Waals surface area contributed by atoms with Crippen molar-refractivity contribution in [2.75, 3.05) is 0 Å². The summed E-state index contributed by atoms with van der Waals surface area (Å²) in [7, 11) is 0. The van der Waals surface area contributed by atoms with Crippen molar-refractivity contribution >= 4 is 5.97 Å². The maximum atomic E-state index is 11.7. The smallest absolute Gasteiger partial charge is 0.333 e. The number of hydrogen-bond donors (Lipinski definition) is 0. The third-order valence-corrected chi connectivity index (χ3v) is 3.57. The van der Waals surface area contributed by atoms with Crippen molar-refractivity contribution < 1.29 is 9.53 Å². The Kier molecular flexibility index (Phi) is 5.04. The van der Waals surface area contributed by atoms with Gasteiger partial charge in [0.15, 0.2) is 0 Å². The van der Waals surface area contributed by atoms with E-state index in [0.717, 1.165) is 19.3 Å². The van der Waals surface area contributed by atoms with E-state index in [4.69, 9.17) is 4.74 Å². The summed E-state index contributed by atoms with van der Waals surface area (Å²) in [6.45, 7) is 7.49. The molecule has 0 bridgehead atoms. The molecule has 0 radical (unpaired) electrons. The van der Waals surface area contributed by atoms with Crippen molar-refractivity contribution in [1.29, 1.82) is 0 Å². The van der Waals surface area contributed by atoms with E-state index < -0.39 is 0 Å². The van der Waals surface area contributed by atoms with E-state index in [1.54, 1.807) is 6.92 Å². The van der Waals surface area contributed by atoms with E-state index in [1.165, 1.54) is 32.1 Å². The Balaban J connectivity index is 2.65. The molecule has 1 aliphatic rings. The SMILES string of the molecule is C=C(C)C(=O)OC1(CC)CCCCCCC1. The second-order valence-corrected chi connectivity index (χ2v) is 4.97. The first-order valence-electron chi connectivity index (χ1n) is 6.48. The zero-order valence-corrected chi connectivity index (χ0v) is 10.7. The molecule has 0 saturated heterocycles. The second kappa shape index (κ2) is 6.07. The second-order valence-electron chi connectivity index (χ2n) is 4.97. The molecule has 1 saturated carbocycles. The van der Waals surface area contributed by atoms with Gasteiger partial charge < -0.3 is 4.74 Å². The highest BCUT2D eigenvalue weighted by molar-refractivity contribution is 5.87. The molecule has 92 valence electrons. The lowest BCUT2D eigenvalue weighted by Gasteiger charge is -2.34.